The molecule has 7 heteroatoms. The first-order chi connectivity index (χ1) is 11.1. The monoisotopic (exact) mass is 355 g/mol. The van der Waals surface area contributed by atoms with Crippen molar-refractivity contribution >= 4 is 23.4 Å². The highest BCUT2D eigenvalue weighted by atomic mass is 35.5. The van der Waals surface area contributed by atoms with Crippen LogP contribution in [-0.4, -0.2) is 53.8 Å². The number of benzene rings is 1. The maximum absolute atomic E-state index is 13.9. The summed E-state index contributed by atoms with van der Waals surface area (Å²) in [5, 5.41) is 0.246. The van der Waals surface area contributed by atoms with E-state index in [4.69, 9.17) is 17.3 Å². The van der Waals surface area contributed by atoms with E-state index in [-0.39, 0.29) is 21.9 Å². The number of rotatable bonds is 2. The lowest BCUT2D eigenvalue weighted by Gasteiger charge is -2.38. The van der Waals surface area contributed by atoms with Gasteiger partial charge < -0.3 is 15.5 Å². The molecule has 2 rings (SSSR count). The first kappa shape index (κ1) is 18.7. The molecule has 0 unspecified atom stereocenters. The molecule has 1 aliphatic heterocycles. The summed E-state index contributed by atoms with van der Waals surface area (Å²) in [6.07, 6.45) is 0. The summed E-state index contributed by atoms with van der Waals surface area (Å²) in [6.45, 7) is 7.23. The second-order valence-corrected chi connectivity index (χ2v) is 7.52. The van der Waals surface area contributed by atoms with Gasteiger partial charge in [-0.3, -0.25) is 9.59 Å². The lowest BCUT2D eigenvalue weighted by molar-refractivity contribution is -0.136. The third-order valence-corrected chi connectivity index (χ3v) is 4.47. The molecular formula is C17H23ClFN3O2. The molecule has 1 aromatic carbocycles. The summed E-state index contributed by atoms with van der Waals surface area (Å²) in [5.41, 5.74) is 5.68. The van der Waals surface area contributed by atoms with Crippen LogP contribution in [0, 0.1) is 11.2 Å². The minimum absolute atomic E-state index is 0.00873. The van der Waals surface area contributed by atoms with Crippen molar-refractivity contribution < 1.29 is 14.0 Å². The predicted octanol–water partition coefficient (Wildman–Crippen LogP) is 2.14. The largest absolute Gasteiger partial charge is 0.338 e. The molecule has 0 radical (unpaired) electrons. The SMILES string of the molecule is CC(C)(C)[C@H](N)C(=O)N1CCN(C(=O)c2ccc(Cl)cc2F)CC1. The second kappa shape index (κ2) is 7.07. The van der Waals surface area contributed by atoms with Crippen LogP contribution in [-0.2, 0) is 4.79 Å². The van der Waals surface area contributed by atoms with Gasteiger partial charge in [-0.1, -0.05) is 32.4 Å². The van der Waals surface area contributed by atoms with Gasteiger partial charge in [-0.15, -0.1) is 0 Å². The molecule has 1 aliphatic rings. The van der Waals surface area contributed by atoms with Crippen LogP contribution < -0.4 is 5.73 Å². The van der Waals surface area contributed by atoms with Gasteiger partial charge in [0, 0.05) is 31.2 Å². The van der Waals surface area contributed by atoms with Crippen LogP contribution in [0.2, 0.25) is 5.02 Å². The number of amides is 2. The van der Waals surface area contributed by atoms with E-state index in [1.807, 2.05) is 20.8 Å². The zero-order valence-electron chi connectivity index (χ0n) is 14.2. The van der Waals surface area contributed by atoms with E-state index in [1.165, 1.54) is 12.1 Å². The Kier molecular flexibility index (Phi) is 5.50. The predicted molar refractivity (Wildman–Crippen MR) is 91.3 cm³/mol. The van der Waals surface area contributed by atoms with Crippen LogP contribution in [0.25, 0.3) is 0 Å². The number of carbonyl (C=O) groups excluding carboxylic acids is 2. The van der Waals surface area contributed by atoms with Crippen molar-refractivity contribution in [3.63, 3.8) is 0 Å². The van der Waals surface area contributed by atoms with E-state index < -0.39 is 17.8 Å². The molecule has 1 fully saturated rings. The fraction of sp³-hybridized carbons (Fsp3) is 0.529. The van der Waals surface area contributed by atoms with E-state index in [9.17, 15) is 14.0 Å². The normalized spacial score (nSPS) is 16.9. The fourth-order valence-corrected chi connectivity index (χ4v) is 2.69. The third kappa shape index (κ3) is 4.05. The molecule has 2 amide bonds. The van der Waals surface area contributed by atoms with Gasteiger partial charge in [-0.05, 0) is 23.6 Å². The number of hydrogen-bond donors (Lipinski definition) is 1. The van der Waals surface area contributed by atoms with E-state index in [2.05, 4.69) is 0 Å². The molecule has 132 valence electrons. The minimum Gasteiger partial charge on any atom is -0.338 e. The number of carbonyl (C=O) groups is 2. The molecule has 0 spiro atoms. The van der Waals surface area contributed by atoms with E-state index in [0.29, 0.717) is 26.2 Å². The number of piperazine rings is 1. The summed E-state index contributed by atoms with van der Waals surface area (Å²) in [6, 6.07) is 3.40. The van der Waals surface area contributed by atoms with Gasteiger partial charge in [-0.25, -0.2) is 4.39 Å². The topological polar surface area (TPSA) is 66.6 Å². The van der Waals surface area contributed by atoms with E-state index in [0.717, 1.165) is 6.07 Å². The summed E-state index contributed by atoms with van der Waals surface area (Å²) in [4.78, 5) is 28.0. The van der Waals surface area contributed by atoms with Gasteiger partial charge in [-0.2, -0.15) is 0 Å². The lowest BCUT2D eigenvalue weighted by atomic mass is 9.86. The van der Waals surface area contributed by atoms with Gasteiger partial charge in [0.1, 0.15) is 5.82 Å². The Bertz CT molecular complexity index is 637. The van der Waals surface area contributed by atoms with Crippen molar-refractivity contribution in [1.29, 1.82) is 0 Å². The molecule has 1 aromatic rings. The summed E-state index contributed by atoms with van der Waals surface area (Å²) in [7, 11) is 0. The Morgan fingerprint density at radius 3 is 2.21 bits per heavy atom. The van der Waals surface area contributed by atoms with Crippen molar-refractivity contribution in [2.45, 2.75) is 26.8 Å². The van der Waals surface area contributed by atoms with Crippen molar-refractivity contribution in [3.05, 3.63) is 34.6 Å². The van der Waals surface area contributed by atoms with Crippen molar-refractivity contribution in [3.8, 4) is 0 Å². The average molecular weight is 356 g/mol. The minimum atomic E-state index is -0.638. The van der Waals surface area contributed by atoms with Gasteiger partial charge in [0.05, 0.1) is 11.6 Å². The maximum Gasteiger partial charge on any atom is 0.256 e. The van der Waals surface area contributed by atoms with E-state index >= 15 is 0 Å². The highest BCUT2D eigenvalue weighted by Crippen LogP contribution is 2.21. The molecule has 0 aromatic heterocycles. The zero-order valence-corrected chi connectivity index (χ0v) is 14.9. The quantitative estimate of drug-likeness (QED) is 0.883. The molecule has 0 saturated carbocycles. The van der Waals surface area contributed by atoms with Gasteiger partial charge in [0.2, 0.25) is 5.91 Å². The molecule has 24 heavy (non-hydrogen) atoms. The highest BCUT2D eigenvalue weighted by Gasteiger charge is 2.33. The van der Waals surface area contributed by atoms with Crippen LogP contribution in [0.3, 0.4) is 0 Å². The highest BCUT2D eigenvalue weighted by molar-refractivity contribution is 6.30. The second-order valence-electron chi connectivity index (χ2n) is 7.09. The molecule has 0 aliphatic carbocycles. The molecule has 1 heterocycles. The van der Waals surface area contributed by atoms with Crippen molar-refractivity contribution in [2.24, 2.45) is 11.1 Å². The van der Waals surface area contributed by atoms with Crippen LogP contribution in [0.1, 0.15) is 31.1 Å². The van der Waals surface area contributed by atoms with Crippen LogP contribution in [0.4, 0.5) is 4.39 Å². The Hall–Kier alpha value is -1.66. The number of hydrogen-bond acceptors (Lipinski definition) is 3. The molecule has 5 nitrogen and oxygen atoms in total. The Morgan fingerprint density at radius 1 is 1.17 bits per heavy atom. The zero-order chi connectivity index (χ0) is 18.1. The van der Waals surface area contributed by atoms with Crippen molar-refractivity contribution in [2.75, 3.05) is 26.2 Å². The summed E-state index contributed by atoms with van der Waals surface area (Å²) >= 11 is 5.71. The lowest BCUT2D eigenvalue weighted by Crippen LogP contribution is -2.57. The average Bonchev–Trinajstić information content (AvgIpc) is 2.52. The van der Waals surface area contributed by atoms with Crippen LogP contribution in [0.15, 0.2) is 18.2 Å². The molecule has 2 N–H and O–H groups in total. The molecule has 1 saturated heterocycles. The molecular weight excluding hydrogens is 333 g/mol. The van der Waals surface area contributed by atoms with Gasteiger partial charge in [0.25, 0.3) is 5.91 Å². The first-order valence-corrected chi connectivity index (χ1v) is 8.28. The third-order valence-electron chi connectivity index (χ3n) is 4.24. The molecule has 0 bridgehead atoms. The Labute approximate surface area is 146 Å². The number of nitrogens with zero attached hydrogens (tertiary/aromatic N) is 2. The molecule has 1 atom stereocenters. The van der Waals surface area contributed by atoms with Crippen LogP contribution >= 0.6 is 11.6 Å². The van der Waals surface area contributed by atoms with Crippen molar-refractivity contribution in [1.82, 2.24) is 9.80 Å². The summed E-state index contributed by atoms with van der Waals surface area (Å²) < 4.78 is 13.9. The van der Waals surface area contributed by atoms with Gasteiger partial charge >= 0.3 is 0 Å². The number of nitrogens with two attached hydrogens (primary N) is 1. The standard InChI is InChI=1S/C17H23ClFN3O2/c1-17(2,3)14(20)16(24)22-8-6-21(7-9-22)15(23)12-5-4-11(18)10-13(12)19/h4-5,10,14H,6-9,20H2,1-3H3/t14-/m1/s1. The first-order valence-electron chi connectivity index (χ1n) is 7.90. The van der Waals surface area contributed by atoms with E-state index in [1.54, 1.807) is 9.80 Å². The maximum atomic E-state index is 13.9. The Balaban J connectivity index is 2.00. The summed E-state index contributed by atoms with van der Waals surface area (Å²) in [5.74, 6) is -1.15. The van der Waals surface area contributed by atoms with Crippen LogP contribution in [0.5, 0.6) is 0 Å². The van der Waals surface area contributed by atoms with Gasteiger partial charge in [0.15, 0.2) is 0 Å². The fourth-order valence-electron chi connectivity index (χ4n) is 2.53. The smallest absolute Gasteiger partial charge is 0.256 e. The Morgan fingerprint density at radius 2 is 1.71 bits per heavy atom. The number of halogens is 2.